The first-order valence-corrected chi connectivity index (χ1v) is 6.73. The molecule has 0 aliphatic carbocycles. The van der Waals surface area contributed by atoms with Crippen LogP contribution in [0, 0.1) is 0 Å². The number of nitrogens with zero attached hydrogens (tertiary/aromatic N) is 1. The van der Waals surface area contributed by atoms with Gasteiger partial charge in [-0.1, -0.05) is 0 Å². The number of carboxylic acid groups (broad SMARTS) is 1. The van der Waals surface area contributed by atoms with Gasteiger partial charge >= 0.3 is 12.0 Å². The molecule has 1 rings (SSSR count). The van der Waals surface area contributed by atoms with Crippen LogP contribution in [0.25, 0.3) is 0 Å². The van der Waals surface area contributed by atoms with E-state index in [1.54, 1.807) is 12.4 Å². The molecule has 110 valence electrons. The van der Waals surface area contributed by atoms with Gasteiger partial charge in [-0.05, 0) is 43.9 Å². The fraction of sp³-hybridized carbons (Fsp3) is 0.500. The van der Waals surface area contributed by atoms with Gasteiger partial charge < -0.3 is 15.7 Å². The van der Waals surface area contributed by atoms with Gasteiger partial charge in [0, 0.05) is 31.4 Å². The Morgan fingerprint density at radius 1 is 1.35 bits per heavy atom. The number of urea groups is 1. The molecule has 0 spiro atoms. The maximum absolute atomic E-state index is 11.6. The molecular weight excluding hydrogens is 258 g/mol. The van der Waals surface area contributed by atoms with Crippen molar-refractivity contribution in [2.45, 2.75) is 38.6 Å². The minimum Gasteiger partial charge on any atom is -0.481 e. The Balaban J connectivity index is 2.12. The molecule has 0 saturated heterocycles. The molecule has 6 nitrogen and oxygen atoms in total. The third-order valence-corrected chi connectivity index (χ3v) is 2.85. The lowest BCUT2D eigenvalue weighted by Crippen LogP contribution is -2.41. The second-order valence-corrected chi connectivity index (χ2v) is 4.69. The molecule has 20 heavy (non-hydrogen) atoms. The number of aromatic nitrogens is 1. The average molecular weight is 279 g/mol. The molecule has 3 N–H and O–H groups in total. The first kappa shape index (κ1) is 15.9. The van der Waals surface area contributed by atoms with E-state index in [1.165, 1.54) is 0 Å². The van der Waals surface area contributed by atoms with E-state index in [0.717, 1.165) is 12.0 Å². The van der Waals surface area contributed by atoms with Gasteiger partial charge in [-0.3, -0.25) is 9.78 Å². The average Bonchev–Trinajstić information content (AvgIpc) is 2.39. The summed E-state index contributed by atoms with van der Waals surface area (Å²) in [6.07, 6.45) is 5.55. The van der Waals surface area contributed by atoms with E-state index in [2.05, 4.69) is 15.6 Å². The number of hydrogen-bond acceptors (Lipinski definition) is 3. The summed E-state index contributed by atoms with van der Waals surface area (Å²) in [5, 5.41) is 14.1. The molecule has 0 fully saturated rings. The fourth-order valence-corrected chi connectivity index (χ4v) is 1.78. The molecule has 0 aromatic carbocycles. The van der Waals surface area contributed by atoms with Crippen molar-refractivity contribution < 1.29 is 14.7 Å². The van der Waals surface area contributed by atoms with Crippen LogP contribution in [0.15, 0.2) is 24.5 Å². The van der Waals surface area contributed by atoms with Crippen LogP contribution < -0.4 is 10.6 Å². The third-order valence-electron chi connectivity index (χ3n) is 2.85. The molecule has 0 bridgehead atoms. The SMILES string of the molecule is CC(CCCC(=O)O)NC(=O)NCCc1ccncc1. The van der Waals surface area contributed by atoms with Crippen molar-refractivity contribution in [3.05, 3.63) is 30.1 Å². The number of aliphatic carboxylic acids is 1. The van der Waals surface area contributed by atoms with Crippen molar-refractivity contribution in [2.24, 2.45) is 0 Å². The predicted molar refractivity (Wildman–Crippen MR) is 75.4 cm³/mol. The van der Waals surface area contributed by atoms with E-state index in [1.807, 2.05) is 19.1 Å². The van der Waals surface area contributed by atoms with Crippen molar-refractivity contribution in [1.29, 1.82) is 0 Å². The molecule has 0 aliphatic heterocycles. The second-order valence-electron chi connectivity index (χ2n) is 4.69. The summed E-state index contributed by atoms with van der Waals surface area (Å²) < 4.78 is 0. The molecule has 1 atom stereocenters. The zero-order valence-electron chi connectivity index (χ0n) is 11.6. The van der Waals surface area contributed by atoms with E-state index in [0.29, 0.717) is 19.4 Å². The summed E-state index contributed by atoms with van der Waals surface area (Å²) in [4.78, 5) is 25.9. The van der Waals surface area contributed by atoms with Gasteiger partial charge in [0.15, 0.2) is 0 Å². The van der Waals surface area contributed by atoms with Crippen LogP contribution in [0.5, 0.6) is 0 Å². The van der Waals surface area contributed by atoms with Crippen LogP contribution in [0.1, 0.15) is 31.7 Å². The lowest BCUT2D eigenvalue weighted by atomic mass is 10.1. The number of carbonyl (C=O) groups is 2. The Morgan fingerprint density at radius 3 is 2.70 bits per heavy atom. The lowest BCUT2D eigenvalue weighted by molar-refractivity contribution is -0.137. The monoisotopic (exact) mass is 279 g/mol. The Bertz CT molecular complexity index is 423. The topological polar surface area (TPSA) is 91.3 Å². The molecule has 1 aromatic heterocycles. The molecule has 6 heteroatoms. The van der Waals surface area contributed by atoms with E-state index in [-0.39, 0.29) is 18.5 Å². The van der Waals surface area contributed by atoms with Crippen LogP contribution in [-0.4, -0.2) is 34.7 Å². The quantitative estimate of drug-likeness (QED) is 0.673. The van der Waals surface area contributed by atoms with Crippen LogP contribution >= 0.6 is 0 Å². The molecule has 2 amide bonds. The largest absolute Gasteiger partial charge is 0.481 e. The van der Waals surface area contributed by atoms with Crippen molar-refractivity contribution in [3.8, 4) is 0 Å². The Kier molecular flexibility index (Phi) is 7.10. The van der Waals surface area contributed by atoms with E-state index in [9.17, 15) is 9.59 Å². The molecular formula is C14H21N3O3. The molecule has 0 aliphatic rings. The molecule has 1 aromatic rings. The van der Waals surface area contributed by atoms with Gasteiger partial charge in [0.05, 0.1) is 0 Å². The van der Waals surface area contributed by atoms with E-state index < -0.39 is 5.97 Å². The predicted octanol–water partition coefficient (Wildman–Crippen LogP) is 1.57. The molecule has 1 heterocycles. The lowest BCUT2D eigenvalue weighted by Gasteiger charge is -2.14. The van der Waals surface area contributed by atoms with Crippen molar-refractivity contribution in [2.75, 3.05) is 6.54 Å². The van der Waals surface area contributed by atoms with Crippen molar-refractivity contribution in [3.63, 3.8) is 0 Å². The van der Waals surface area contributed by atoms with Gasteiger partial charge in [-0.2, -0.15) is 0 Å². The third kappa shape index (κ3) is 7.35. The number of hydrogen-bond donors (Lipinski definition) is 3. The number of nitrogens with one attached hydrogen (secondary N) is 2. The number of pyridine rings is 1. The van der Waals surface area contributed by atoms with Crippen LogP contribution in [-0.2, 0) is 11.2 Å². The van der Waals surface area contributed by atoms with E-state index in [4.69, 9.17) is 5.11 Å². The summed E-state index contributed by atoms with van der Waals surface area (Å²) in [6.45, 7) is 2.42. The van der Waals surface area contributed by atoms with Crippen LogP contribution in [0.3, 0.4) is 0 Å². The van der Waals surface area contributed by atoms with Crippen LogP contribution in [0.4, 0.5) is 4.79 Å². The van der Waals surface area contributed by atoms with Gasteiger partial charge in [-0.15, -0.1) is 0 Å². The summed E-state index contributed by atoms with van der Waals surface area (Å²) in [7, 11) is 0. The molecule has 0 radical (unpaired) electrons. The van der Waals surface area contributed by atoms with Crippen molar-refractivity contribution in [1.82, 2.24) is 15.6 Å². The first-order chi connectivity index (χ1) is 9.58. The Morgan fingerprint density at radius 2 is 2.05 bits per heavy atom. The van der Waals surface area contributed by atoms with Gasteiger partial charge in [0.25, 0.3) is 0 Å². The zero-order valence-corrected chi connectivity index (χ0v) is 11.6. The number of rotatable bonds is 8. The van der Waals surface area contributed by atoms with Crippen molar-refractivity contribution >= 4 is 12.0 Å². The smallest absolute Gasteiger partial charge is 0.315 e. The minimum absolute atomic E-state index is 0.0322. The molecule has 0 saturated carbocycles. The van der Waals surface area contributed by atoms with Gasteiger partial charge in [0.2, 0.25) is 0 Å². The number of carboxylic acids is 1. The minimum atomic E-state index is -0.806. The highest BCUT2D eigenvalue weighted by molar-refractivity contribution is 5.74. The van der Waals surface area contributed by atoms with Gasteiger partial charge in [-0.25, -0.2) is 4.79 Å². The number of amides is 2. The maximum Gasteiger partial charge on any atom is 0.315 e. The number of carbonyl (C=O) groups excluding carboxylic acids is 1. The van der Waals surface area contributed by atoms with Crippen LogP contribution in [0.2, 0.25) is 0 Å². The highest BCUT2D eigenvalue weighted by Gasteiger charge is 2.07. The highest BCUT2D eigenvalue weighted by Crippen LogP contribution is 2.00. The normalized spacial score (nSPS) is 11.7. The Hall–Kier alpha value is -2.11. The fourth-order valence-electron chi connectivity index (χ4n) is 1.78. The summed E-state index contributed by atoms with van der Waals surface area (Å²) >= 11 is 0. The zero-order chi connectivity index (χ0) is 14.8. The van der Waals surface area contributed by atoms with E-state index >= 15 is 0 Å². The summed E-state index contributed by atoms with van der Waals surface area (Å²) in [6, 6.07) is 3.57. The summed E-state index contributed by atoms with van der Waals surface area (Å²) in [5.74, 6) is -0.806. The first-order valence-electron chi connectivity index (χ1n) is 6.73. The Labute approximate surface area is 118 Å². The standard InChI is InChI=1S/C14H21N3O3/c1-11(3-2-4-13(18)19)17-14(20)16-10-7-12-5-8-15-9-6-12/h5-6,8-9,11H,2-4,7,10H2,1H3,(H,18,19)(H2,16,17,20). The summed E-state index contributed by atoms with van der Waals surface area (Å²) in [5.41, 5.74) is 1.12. The highest BCUT2D eigenvalue weighted by atomic mass is 16.4. The van der Waals surface area contributed by atoms with Gasteiger partial charge in [0.1, 0.15) is 0 Å². The second kappa shape index (κ2) is 8.90. The molecule has 1 unspecified atom stereocenters. The maximum atomic E-state index is 11.6.